The predicted octanol–water partition coefficient (Wildman–Crippen LogP) is 1.25. The van der Waals surface area contributed by atoms with Crippen molar-refractivity contribution in [2.24, 2.45) is 0 Å². The molecule has 0 spiro atoms. The third-order valence-electron chi connectivity index (χ3n) is 3.49. The summed E-state index contributed by atoms with van der Waals surface area (Å²) in [6.07, 6.45) is 5.01. The zero-order valence-electron chi connectivity index (χ0n) is 11.5. The summed E-state index contributed by atoms with van der Waals surface area (Å²) in [5.74, 6) is 0. The van der Waals surface area contributed by atoms with E-state index in [0.29, 0.717) is 13.1 Å². The first kappa shape index (κ1) is 15.9. The minimum atomic E-state index is -3.48. The van der Waals surface area contributed by atoms with Gasteiger partial charge in [0.1, 0.15) is 0 Å². The molecule has 0 bridgehead atoms. The first-order valence-corrected chi connectivity index (χ1v) is 8.33. The molecule has 0 aromatic carbocycles. The van der Waals surface area contributed by atoms with Gasteiger partial charge < -0.3 is 5.11 Å². The maximum Gasteiger partial charge on any atom is 0.280 e. The minimum absolute atomic E-state index is 0.113. The maximum absolute atomic E-state index is 12.3. The Balaban J connectivity index is 2.77. The molecule has 1 rings (SSSR count). The first-order valence-electron chi connectivity index (χ1n) is 6.89. The van der Waals surface area contributed by atoms with E-state index in [0.717, 1.165) is 38.5 Å². The van der Waals surface area contributed by atoms with Gasteiger partial charge in [0.2, 0.25) is 0 Å². The highest BCUT2D eigenvalue weighted by Gasteiger charge is 2.38. The average Bonchev–Trinajstić information content (AvgIpc) is 2.77. The number of rotatable bonds is 8. The molecule has 0 aromatic rings. The molecule has 0 saturated heterocycles. The van der Waals surface area contributed by atoms with Gasteiger partial charge in [-0.1, -0.05) is 26.7 Å². The van der Waals surface area contributed by atoms with Crippen LogP contribution in [-0.2, 0) is 10.2 Å². The second-order valence-corrected chi connectivity index (χ2v) is 6.82. The molecule has 18 heavy (non-hydrogen) atoms. The molecule has 1 aliphatic carbocycles. The number of nitrogens with one attached hydrogen (secondary N) is 1. The molecule has 0 aromatic heterocycles. The second-order valence-electron chi connectivity index (χ2n) is 5.15. The fourth-order valence-electron chi connectivity index (χ4n) is 2.53. The number of hydrogen-bond donors (Lipinski definition) is 2. The zero-order chi connectivity index (χ0) is 13.6. The SMILES string of the molecule is CCCN(CCC)S(=O)(=O)NC1(CO)CCCC1. The van der Waals surface area contributed by atoms with Gasteiger partial charge in [-0.3, -0.25) is 0 Å². The first-order chi connectivity index (χ1) is 8.49. The van der Waals surface area contributed by atoms with Crippen molar-refractivity contribution in [2.45, 2.75) is 57.9 Å². The minimum Gasteiger partial charge on any atom is -0.394 e. The van der Waals surface area contributed by atoms with Gasteiger partial charge in [0, 0.05) is 13.1 Å². The van der Waals surface area contributed by atoms with Crippen molar-refractivity contribution in [3.05, 3.63) is 0 Å². The van der Waals surface area contributed by atoms with Crippen LogP contribution in [0, 0.1) is 0 Å². The van der Waals surface area contributed by atoms with Crippen LogP contribution in [0.5, 0.6) is 0 Å². The molecule has 108 valence electrons. The Kier molecular flexibility index (Phi) is 6.04. The van der Waals surface area contributed by atoms with Gasteiger partial charge >= 0.3 is 0 Å². The Morgan fingerprint density at radius 2 is 1.67 bits per heavy atom. The van der Waals surface area contributed by atoms with Crippen LogP contribution in [0.15, 0.2) is 0 Å². The molecular weight excluding hydrogens is 252 g/mol. The van der Waals surface area contributed by atoms with Crippen molar-refractivity contribution in [3.8, 4) is 0 Å². The molecule has 1 aliphatic rings. The molecule has 6 heteroatoms. The lowest BCUT2D eigenvalue weighted by atomic mass is 10.0. The van der Waals surface area contributed by atoms with Gasteiger partial charge in [0.25, 0.3) is 10.2 Å². The van der Waals surface area contributed by atoms with E-state index in [4.69, 9.17) is 0 Å². The monoisotopic (exact) mass is 278 g/mol. The number of hydrogen-bond acceptors (Lipinski definition) is 3. The van der Waals surface area contributed by atoms with Crippen molar-refractivity contribution in [3.63, 3.8) is 0 Å². The van der Waals surface area contributed by atoms with E-state index in [1.165, 1.54) is 4.31 Å². The molecule has 1 saturated carbocycles. The van der Waals surface area contributed by atoms with E-state index in [9.17, 15) is 13.5 Å². The van der Waals surface area contributed by atoms with Crippen molar-refractivity contribution in [1.29, 1.82) is 0 Å². The van der Waals surface area contributed by atoms with Gasteiger partial charge in [-0.15, -0.1) is 0 Å². The molecule has 0 atom stereocenters. The largest absolute Gasteiger partial charge is 0.394 e. The summed E-state index contributed by atoms with van der Waals surface area (Å²) < 4.78 is 28.9. The van der Waals surface area contributed by atoms with Crippen molar-refractivity contribution in [2.75, 3.05) is 19.7 Å². The van der Waals surface area contributed by atoms with Crippen molar-refractivity contribution >= 4 is 10.2 Å². The summed E-state index contributed by atoms with van der Waals surface area (Å²) in [7, 11) is -3.48. The Labute approximate surface area is 111 Å². The Hall–Kier alpha value is -0.170. The van der Waals surface area contributed by atoms with E-state index in [2.05, 4.69) is 4.72 Å². The third-order valence-corrected chi connectivity index (χ3v) is 5.23. The van der Waals surface area contributed by atoms with Crippen molar-refractivity contribution in [1.82, 2.24) is 9.03 Å². The highest BCUT2D eigenvalue weighted by Crippen LogP contribution is 2.30. The summed E-state index contributed by atoms with van der Waals surface area (Å²) in [4.78, 5) is 0. The summed E-state index contributed by atoms with van der Waals surface area (Å²) in [6.45, 7) is 4.89. The second kappa shape index (κ2) is 6.84. The van der Waals surface area contributed by atoms with E-state index in [1.54, 1.807) is 0 Å². The van der Waals surface area contributed by atoms with Crippen LogP contribution < -0.4 is 4.72 Å². The molecule has 2 N–H and O–H groups in total. The van der Waals surface area contributed by atoms with Crippen LogP contribution in [-0.4, -0.2) is 43.1 Å². The average molecular weight is 278 g/mol. The standard InChI is InChI=1S/C12H26N2O3S/c1-3-9-14(10-4-2)18(16,17)13-12(11-15)7-5-6-8-12/h13,15H,3-11H2,1-2H3. The quantitative estimate of drug-likeness (QED) is 0.702. The normalized spacial score (nSPS) is 19.6. The van der Waals surface area contributed by atoms with Gasteiger partial charge in [-0.05, 0) is 25.7 Å². The zero-order valence-corrected chi connectivity index (χ0v) is 12.3. The van der Waals surface area contributed by atoms with Crippen LogP contribution in [0.3, 0.4) is 0 Å². The lowest BCUT2D eigenvalue weighted by molar-refractivity contribution is 0.182. The van der Waals surface area contributed by atoms with E-state index >= 15 is 0 Å². The van der Waals surface area contributed by atoms with Gasteiger partial charge in [0.05, 0.1) is 12.1 Å². The van der Waals surface area contributed by atoms with Crippen molar-refractivity contribution < 1.29 is 13.5 Å². The van der Waals surface area contributed by atoms with Crippen LogP contribution in [0.2, 0.25) is 0 Å². The number of aliphatic hydroxyl groups excluding tert-OH is 1. The summed E-state index contributed by atoms with van der Waals surface area (Å²) in [6, 6.07) is 0. The molecule has 0 amide bonds. The fourth-order valence-corrected chi connectivity index (χ4v) is 4.32. The Morgan fingerprint density at radius 1 is 1.17 bits per heavy atom. The van der Waals surface area contributed by atoms with E-state index < -0.39 is 15.7 Å². The smallest absolute Gasteiger partial charge is 0.280 e. The van der Waals surface area contributed by atoms with Crippen LogP contribution >= 0.6 is 0 Å². The van der Waals surface area contributed by atoms with E-state index in [1.807, 2.05) is 13.8 Å². The molecule has 1 fully saturated rings. The molecule has 0 heterocycles. The highest BCUT2D eigenvalue weighted by molar-refractivity contribution is 7.87. The topological polar surface area (TPSA) is 69.6 Å². The summed E-state index contributed by atoms with van der Waals surface area (Å²) in [5, 5.41) is 9.48. The van der Waals surface area contributed by atoms with Gasteiger partial charge in [-0.2, -0.15) is 17.4 Å². The fraction of sp³-hybridized carbons (Fsp3) is 1.00. The highest BCUT2D eigenvalue weighted by atomic mass is 32.2. The lowest BCUT2D eigenvalue weighted by Crippen LogP contribution is -2.54. The van der Waals surface area contributed by atoms with Gasteiger partial charge in [0.15, 0.2) is 0 Å². The van der Waals surface area contributed by atoms with Crippen LogP contribution in [0.1, 0.15) is 52.4 Å². The van der Waals surface area contributed by atoms with Crippen LogP contribution in [0.25, 0.3) is 0 Å². The Bertz CT molecular complexity index is 331. The summed E-state index contributed by atoms with van der Waals surface area (Å²) >= 11 is 0. The Morgan fingerprint density at radius 3 is 2.06 bits per heavy atom. The predicted molar refractivity (Wildman–Crippen MR) is 72.5 cm³/mol. The summed E-state index contributed by atoms with van der Waals surface area (Å²) in [5.41, 5.74) is -0.626. The third kappa shape index (κ3) is 3.91. The van der Waals surface area contributed by atoms with E-state index in [-0.39, 0.29) is 6.61 Å². The molecule has 0 unspecified atom stereocenters. The molecule has 0 radical (unpaired) electrons. The maximum atomic E-state index is 12.3. The lowest BCUT2D eigenvalue weighted by Gasteiger charge is -2.31. The molecular formula is C12H26N2O3S. The number of aliphatic hydroxyl groups is 1. The van der Waals surface area contributed by atoms with Crippen LogP contribution in [0.4, 0.5) is 0 Å². The molecule has 0 aliphatic heterocycles. The molecule has 5 nitrogen and oxygen atoms in total. The number of nitrogens with zero attached hydrogens (tertiary/aromatic N) is 1. The van der Waals surface area contributed by atoms with Gasteiger partial charge in [-0.25, -0.2) is 0 Å².